The van der Waals surface area contributed by atoms with Crippen molar-refractivity contribution in [3.05, 3.63) is 54.4 Å². The Morgan fingerprint density at radius 3 is 2.60 bits per heavy atom. The first kappa shape index (κ1) is 15.0. The fourth-order valence-electron chi connectivity index (χ4n) is 4.11. The van der Waals surface area contributed by atoms with Crippen molar-refractivity contribution in [3.8, 4) is 0 Å². The molecule has 5 rings (SSSR count). The van der Waals surface area contributed by atoms with Gasteiger partial charge in [-0.2, -0.15) is 5.10 Å². The molecule has 128 valence electrons. The molecule has 6 heteroatoms. The van der Waals surface area contributed by atoms with Gasteiger partial charge in [0.15, 0.2) is 0 Å². The summed E-state index contributed by atoms with van der Waals surface area (Å²) in [4.78, 5) is 0.399. The van der Waals surface area contributed by atoms with Crippen molar-refractivity contribution in [2.45, 2.75) is 43.2 Å². The van der Waals surface area contributed by atoms with Crippen LogP contribution in [0.25, 0.3) is 10.8 Å². The second kappa shape index (κ2) is 5.33. The molecule has 0 atom stereocenters. The van der Waals surface area contributed by atoms with E-state index in [2.05, 4.69) is 5.10 Å². The molecule has 2 aromatic carbocycles. The molecule has 1 aromatic heterocycles. The van der Waals surface area contributed by atoms with Crippen LogP contribution in [0.4, 0.5) is 5.69 Å². The quantitative estimate of drug-likeness (QED) is 0.718. The van der Waals surface area contributed by atoms with Crippen LogP contribution in [-0.2, 0) is 16.6 Å². The van der Waals surface area contributed by atoms with Gasteiger partial charge in [0.05, 0.1) is 28.9 Å². The Morgan fingerprint density at radius 2 is 1.80 bits per heavy atom. The summed E-state index contributed by atoms with van der Waals surface area (Å²) < 4.78 is 29.6. The van der Waals surface area contributed by atoms with E-state index in [1.54, 1.807) is 12.1 Å². The van der Waals surface area contributed by atoms with Gasteiger partial charge in [-0.05, 0) is 36.4 Å². The van der Waals surface area contributed by atoms with E-state index in [4.69, 9.17) is 0 Å². The Labute approximate surface area is 146 Å². The van der Waals surface area contributed by atoms with Crippen molar-refractivity contribution in [2.75, 3.05) is 4.31 Å². The molecular formula is C19H19N3O2S. The molecule has 1 aliphatic heterocycles. The molecule has 1 saturated carbocycles. The van der Waals surface area contributed by atoms with Crippen LogP contribution in [0.3, 0.4) is 0 Å². The molecule has 0 bridgehead atoms. The minimum Gasteiger partial charge on any atom is -0.269 e. The average molecular weight is 353 g/mol. The largest absolute Gasteiger partial charge is 0.269 e. The van der Waals surface area contributed by atoms with Crippen LogP contribution in [0.1, 0.15) is 37.4 Å². The van der Waals surface area contributed by atoms with Crippen LogP contribution in [-0.4, -0.2) is 18.2 Å². The Balaban J connectivity index is 1.54. The highest BCUT2D eigenvalue weighted by Gasteiger charge is 2.35. The molecule has 1 fully saturated rings. The van der Waals surface area contributed by atoms with Gasteiger partial charge in [0.1, 0.15) is 0 Å². The van der Waals surface area contributed by atoms with Gasteiger partial charge in [-0.15, -0.1) is 0 Å². The van der Waals surface area contributed by atoms with Gasteiger partial charge in [-0.1, -0.05) is 37.1 Å². The standard InChI is InChI=1S/C19H19N3O2S/c23-25(24)18-10-4-6-14-5-3-9-17(19(14)18)22(25)13-15-11-12-21(20-15)16-7-1-2-8-16/h3-6,9-12,16H,1-2,7-8,13H2. The number of aromatic nitrogens is 2. The summed E-state index contributed by atoms with van der Waals surface area (Å²) in [6, 6.07) is 13.6. The zero-order valence-electron chi connectivity index (χ0n) is 13.8. The fourth-order valence-corrected chi connectivity index (χ4v) is 5.79. The fraction of sp³-hybridized carbons (Fsp3) is 0.316. The lowest BCUT2D eigenvalue weighted by Gasteiger charge is -2.17. The molecule has 0 unspecified atom stereocenters. The summed E-state index contributed by atoms with van der Waals surface area (Å²) in [5.74, 6) is 0. The SMILES string of the molecule is O=S1(=O)c2cccc3cccc(c23)N1Cc1ccn(C2CCCC2)n1. The smallest absolute Gasteiger partial charge is 0.265 e. The molecule has 0 N–H and O–H groups in total. The van der Waals surface area contributed by atoms with Gasteiger partial charge in [0.2, 0.25) is 0 Å². The van der Waals surface area contributed by atoms with Crippen LogP contribution in [0.5, 0.6) is 0 Å². The molecule has 5 nitrogen and oxygen atoms in total. The Kier molecular flexibility index (Phi) is 3.19. The summed E-state index contributed by atoms with van der Waals surface area (Å²) in [5, 5.41) is 6.43. The van der Waals surface area contributed by atoms with E-state index >= 15 is 0 Å². The highest BCUT2D eigenvalue weighted by atomic mass is 32.2. The van der Waals surface area contributed by atoms with Gasteiger partial charge in [0, 0.05) is 11.6 Å². The summed E-state index contributed by atoms with van der Waals surface area (Å²) in [6.07, 6.45) is 6.80. The summed E-state index contributed by atoms with van der Waals surface area (Å²) >= 11 is 0. The number of anilines is 1. The summed E-state index contributed by atoms with van der Waals surface area (Å²) in [7, 11) is -3.52. The van der Waals surface area contributed by atoms with Gasteiger partial charge >= 0.3 is 0 Å². The predicted octanol–water partition coefficient (Wildman–Crippen LogP) is 3.86. The van der Waals surface area contributed by atoms with Crippen LogP contribution in [0, 0.1) is 0 Å². The van der Waals surface area contributed by atoms with E-state index in [9.17, 15) is 8.42 Å². The van der Waals surface area contributed by atoms with Crippen molar-refractivity contribution in [1.29, 1.82) is 0 Å². The molecule has 2 heterocycles. The third kappa shape index (κ3) is 2.20. The minimum atomic E-state index is -3.52. The Bertz CT molecular complexity index is 1060. The molecule has 25 heavy (non-hydrogen) atoms. The first-order valence-electron chi connectivity index (χ1n) is 8.73. The molecule has 0 radical (unpaired) electrons. The van der Waals surface area contributed by atoms with Crippen LogP contribution in [0.15, 0.2) is 53.6 Å². The van der Waals surface area contributed by atoms with Gasteiger partial charge in [-0.25, -0.2) is 8.42 Å². The minimum absolute atomic E-state index is 0.274. The van der Waals surface area contributed by atoms with Gasteiger partial charge < -0.3 is 0 Å². The van der Waals surface area contributed by atoms with E-state index < -0.39 is 10.0 Å². The number of benzene rings is 2. The van der Waals surface area contributed by atoms with E-state index in [0.717, 1.165) is 35.0 Å². The molecule has 1 aliphatic carbocycles. The zero-order valence-corrected chi connectivity index (χ0v) is 14.6. The van der Waals surface area contributed by atoms with Crippen LogP contribution >= 0.6 is 0 Å². The first-order valence-corrected chi connectivity index (χ1v) is 10.2. The predicted molar refractivity (Wildman–Crippen MR) is 97.0 cm³/mol. The monoisotopic (exact) mass is 353 g/mol. The van der Waals surface area contributed by atoms with Crippen LogP contribution in [0.2, 0.25) is 0 Å². The molecule has 0 amide bonds. The number of nitrogens with zero attached hydrogens (tertiary/aromatic N) is 3. The summed E-state index contributed by atoms with van der Waals surface area (Å²) in [5.41, 5.74) is 1.55. The highest BCUT2D eigenvalue weighted by molar-refractivity contribution is 7.93. The van der Waals surface area contributed by atoms with Crippen molar-refractivity contribution in [1.82, 2.24) is 9.78 Å². The number of hydrogen-bond acceptors (Lipinski definition) is 3. The molecule has 2 aliphatic rings. The molecule has 3 aromatic rings. The molecule has 0 saturated heterocycles. The van der Waals surface area contributed by atoms with Gasteiger partial charge in [0.25, 0.3) is 10.0 Å². The Hall–Kier alpha value is -2.34. The van der Waals surface area contributed by atoms with Gasteiger partial charge in [-0.3, -0.25) is 8.99 Å². The molecule has 0 spiro atoms. The number of sulfonamides is 1. The number of hydrogen-bond donors (Lipinski definition) is 0. The second-order valence-electron chi connectivity index (χ2n) is 6.87. The Morgan fingerprint density at radius 1 is 1.04 bits per heavy atom. The van der Waals surface area contributed by atoms with Crippen molar-refractivity contribution in [3.63, 3.8) is 0 Å². The topological polar surface area (TPSA) is 55.2 Å². The average Bonchev–Trinajstić information content (AvgIpc) is 3.33. The number of rotatable bonds is 3. The lowest BCUT2D eigenvalue weighted by atomic mass is 10.1. The second-order valence-corrected chi connectivity index (χ2v) is 8.70. The van der Waals surface area contributed by atoms with Crippen molar-refractivity contribution >= 4 is 26.5 Å². The lowest BCUT2D eigenvalue weighted by molar-refractivity contribution is 0.463. The maximum Gasteiger partial charge on any atom is 0.265 e. The summed E-state index contributed by atoms with van der Waals surface area (Å²) in [6.45, 7) is 0.274. The zero-order chi connectivity index (χ0) is 17.0. The highest BCUT2D eigenvalue weighted by Crippen LogP contribution is 2.42. The first-order chi connectivity index (χ1) is 12.1. The molecular weight excluding hydrogens is 334 g/mol. The normalized spacial score (nSPS) is 19.1. The lowest BCUT2D eigenvalue weighted by Crippen LogP contribution is -2.26. The van der Waals surface area contributed by atoms with Crippen molar-refractivity contribution in [2.24, 2.45) is 0 Å². The van der Waals surface area contributed by atoms with Crippen LogP contribution < -0.4 is 4.31 Å². The van der Waals surface area contributed by atoms with Crippen molar-refractivity contribution < 1.29 is 8.42 Å². The maximum atomic E-state index is 13.0. The van der Waals surface area contributed by atoms with E-state index in [1.165, 1.54) is 17.1 Å². The van der Waals surface area contributed by atoms with E-state index in [-0.39, 0.29) is 6.54 Å². The maximum absolute atomic E-state index is 13.0. The third-order valence-electron chi connectivity index (χ3n) is 5.35. The third-order valence-corrected chi connectivity index (χ3v) is 7.15. The van der Waals surface area contributed by atoms with E-state index in [0.29, 0.717) is 10.9 Å². The van der Waals surface area contributed by atoms with E-state index in [1.807, 2.05) is 41.2 Å².